The summed E-state index contributed by atoms with van der Waals surface area (Å²) >= 11 is 0. The standard InChI is InChI=1S/C19H17F2N3O/c1-12-18(22-19(25)15-9-8-14(20)11-16(15)21)17(24-23-12)10-7-13-5-3-2-4-6-13/h2-6,8-9,11H,7,10H2,1H3,(H,22,25)(H,23,24). The Morgan fingerprint density at radius 3 is 2.60 bits per heavy atom. The zero-order valence-electron chi connectivity index (χ0n) is 13.6. The van der Waals surface area contributed by atoms with Crippen LogP contribution in [0.1, 0.15) is 27.3 Å². The topological polar surface area (TPSA) is 57.8 Å². The van der Waals surface area contributed by atoms with Crippen LogP contribution in [0.5, 0.6) is 0 Å². The number of amides is 1. The summed E-state index contributed by atoms with van der Waals surface area (Å²) < 4.78 is 26.8. The second-order valence-corrected chi connectivity index (χ2v) is 5.73. The molecule has 0 saturated heterocycles. The highest BCUT2D eigenvalue weighted by Crippen LogP contribution is 2.21. The zero-order valence-corrected chi connectivity index (χ0v) is 13.6. The molecule has 3 rings (SSSR count). The minimum atomic E-state index is -0.899. The summed E-state index contributed by atoms with van der Waals surface area (Å²) in [7, 11) is 0. The van der Waals surface area contributed by atoms with E-state index in [1.54, 1.807) is 6.92 Å². The van der Waals surface area contributed by atoms with Crippen molar-refractivity contribution in [3.63, 3.8) is 0 Å². The van der Waals surface area contributed by atoms with Gasteiger partial charge in [0, 0.05) is 6.07 Å². The fourth-order valence-corrected chi connectivity index (χ4v) is 2.59. The molecular weight excluding hydrogens is 324 g/mol. The van der Waals surface area contributed by atoms with E-state index in [9.17, 15) is 13.6 Å². The van der Waals surface area contributed by atoms with Crippen LogP contribution >= 0.6 is 0 Å². The van der Waals surface area contributed by atoms with Crippen molar-refractivity contribution in [3.05, 3.63) is 82.7 Å². The van der Waals surface area contributed by atoms with Gasteiger partial charge in [0.1, 0.15) is 11.6 Å². The van der Waals surface area contributed by atoms with Crippen LogP contribution in [0.3, 0.4) is 0 Å². The SMILES string of the molecule is Cc1[nH]nc(CCc2ccccc2)c1NC(=O)c1ccc(F)cc1F. The minimum absolute atomic E-state index is 0.212. The number of H-pyrrole nitrogens is 1. The van der Waals surface area contributed by atoms with Gasteiger partial charge in [0.2, 0.25) is 0 Å². The normalized spacial score (nSPS) is 10.7. The van der Waals surface area contributed by atoms with E-state index < -0.39 is 17.5 Å². The van der Waals surface area contributed by atoms with Crippen molar-refractivity contribution in [2.24, 2.45) is 0 Å². The van der Waals surface area contributed by atoms with E-state index >= 15 is 0 Å². The summed E-state index contributed by atoms with van der Waals surface area (Å²) in [4.78, 5) is 12.3. The molecule has 0 atom stereocenters. The number of aromatic nitrogens is 2. The fourth-order valence-electron chi connectivity index (χ4n) is 2.59. The molecule has 1 heterocycles. The Balaban J connectivity index is 1.76. The molecule has 0 aliphatic rings. The van der Waals surface area contributed by atoms with E-state index in [1.165, 1.54) is 0 Å². The molecule has 4 nitrogen and oxygen atoms in total. The molecule has 0 fully saturated rings. The average Bonchev–Trinajstić information content (AvgIpc) is 2.94. The van der Waals surface area contributed by atoms with Gasteiger partial charge in [-0.3, -0.25) is 9.89 Å². The Bertz CT molecular complexity index is 891. The van der Waals surface area contributed by atoms with Crippen molar-refractivity contribution >= 4 is 11.6 Å². The van der Waals surface area contributed by atoms with Crippen molar-refractivity contribution in [3.8, 4) is 0 Å². The van der Waals surface area contributed by atoms with E-state index in [1.807, 2.05) is 30.3 Å². The molecule has 6 heteroatoms. The molecule has 0 unspecified atom stereocenters. The van der Waals surface area contributed by atoms with Crippen molar-refractivity contribution < 1.29 is 13.6 Å². The van der Waals surface area contributed by atoms with Crippen LogP contribution < -0.4 is 5.32 Å². The zero-order chi connectivity index (χ0) is 17.8. The number of aromatic amines is 1. The van der Waals surface area contributed by atoms with Gasteiger partial charge in [0.05, 0.1) is 22.6 Å². The second kappa shape index (κ2) is 7.25. The molecule has 2 aromatic carbocycles. The Hall–Kier alpha value is -3.02. The number of nitrogens with one attached hydrogen (secondary N) is 2. The average molecular weight is 341 g/mol. The third-order valence-electron chi connectivity index (χ3n) is 3.93. The highest BCUT2D eigenvalue weighted by atomic mass is 19.1. The number of carbonyl (C=O) groups excluding carboxylic acids is 1. The molecule has 1 amide bonds. The molecular formula is C19H17F2N3O. The van der Waals surface area contributed by atoms with Gasteiger partial charge in [-0.15, -0.1) is 0 Å². The van der Waals surface area contributed by atoms with Gasteiger partial charge < -0.3 is 5.32 Å². The number of carbonyl (C=O) groups is 1. The summed E-state index contributed by atoms with van der Waals surface area (Å²) in [5, 5.41) is 9.73. The molecule has 0 aliphatic heterocycles. The number of halogens is 2. The number of hydrogen-bond acceptors (Lipinski definition) is 2. The molecule has 0 aliphatic carbocycles. The number of aryl methyl sites for hydroxylation is 3. The van der Waals surface area contributed by atoms with E-state index in [0.29, 0.717) is 29.6 Å². The van der Waals surface area contributed by atoms with Gasteiger partial charge >= 0.3 is 0 Å². The van der Waals surface area contributed by atoms with Gasteiger partial charge in [0.15, 0.2) is 0 Å². The highest BCUT2D eigenvalue weighted by Gasteiger charge is 2.17. The monoisotopic (exact) mass is 341 g/mol. The van der Waals surface area contributed by atoms with Crippen LogP contribution in [0, 0.1) is 18.6 Å². The number of benzene rings is 2. The maximum atomic E-state index is 13.8. The minimum Gasteiger partial charge on any atom is -0.319 e. The first-order valence-electron chi connectivity index (χ1n) is 7.89. The van der Waals surface area contributed by atoms with Gasteiger partial charge in [-0.05, 0) is 37.5 Å². The Morgan fingerprint density at radius 1 is 1.12 bits per heavy atom. The van der Waals surface area contributed by atoms with E-state index in [4.69, 9.17) is 0 Å². The number of nitrogens with zero attached hydrogens (tertiary/aromatic N) is 1. The van der Waals surface area contributed by atoms with Crippen molar-refractivity contribution in [1.29, 1.82) is 0 Å². The number of anilines is 1. The van der Waals surface area contributed by atoms with Crippen LogP contribution in [0.25, 0.3) is 0 Å². The summed E-state index contributed by atoms with van der Waals surface area (Å²) in [5.41, 5.74) is 2.85. The van der Waals surface area contributed by atoms with Crippen LogP contribution in [-0.2, 0) is 12.8 Å². The molecule has 0 radical (unpaired) electrons. The molecule has 1 aromatic heterocycles. The van der Waals surface area contributed by atoms with E-state index in [2.05, 4.69) is 15.5 Å². The van der Waals surface area contributed by atoms with E-state index in [0.717, 1.165) is 24.1 Å². The lowest BCUT2D eigenvalue weighted by Gasteiger charge is -2.08. The molecule has 128 valence electrons. The first kappa shape index (κ1) is 16.8. The van der Waals surface area contributed by atoms with Crippen molar-refractivity contribution in [2.45, 2.75) is 19.8 Å². The van der Waals surface area contributed by atoms with Crippen LogP contribution in [-0.4, -0.2) is 16.1 Å². The van der Waals surface area contributed by atoms with E-state index in [-0.39, 0.29) is 5.56 Å². The molecule has 2 N–H and O–H groups in total. The van der Waals surface area contributed by atoms with Gasteiger partial charge in [-0.2, -0.15) is 5.10 Å². The van der Waals surface area contributed by atoms with Gasteiger partial charge in [-0.1, -0.05) is 30.3 Å². The lowest BCUT2D eigenvalue weighted by atomic mass is 10.1. The fraction of sp³-hybridized carbons (Fsp3) is 0.158. The highest BCUT2D eigenvalue weighted by molar-refractivity contribution is 6.05. The summed E-state index contributed by atoms with van der Waals surface area (Å²) in [6.07, 6.45) is 1.38. The second-order valence-electron chi connectivity index (χ2n) is 5.73. The van der Waals surface area contributed by atoms with Gasteiger partial charge in [0.25, 0.3) is 5.91 Å². The number of hydrogen-bond donors (Lipinski definition) is 2. The lowest BCUT2D eigenvalue weighted by molar-refractivity contribution is 0.102. The predicted octanol–water partition coefficient (Wildman–Crippen LogP) is 4.03. The molecule has 25 heavy (non-hydrogen) atoms. The first-order chi connectivity index (χ1) is 12.0. The summed E-state index contributed by atoms with van der Waals surface area (Å²) in [5.74, 6) is -2.26. The Labute approximate surface area is 143 Å². The summed E-state index contributed by atoms with van der Waals surface area (Å²) in [6.45, 7) is 1.77. The number of rotatable bonds is 5. The maximum absolute atomic E-state index is 13.8. The van der Waals surface area contributed by atoms with Crippen LogP contribution in [0.2, 0.25) is 0 Å². The van der Waals surface area contributed by atoms with Crippen LogP contribution in [0.4, 0.5) is 14.5 Å². The lowest BCUT2D eigenvalue weighted by Crippen LogP contribution is -2.15. The molecule has 0 saturated carbocycles. The summed E-state index contributed by atoms with van der Waals surface area (Å²) in [6, 6.07) is 12.8. The molecule has 0 spiro atoms. The smallest absolute Gasteiger partial charge is 0.258 e. The third kappa shape index (κ3) is 3.91. The largest absolute Gasteiger partial charge is 0.319 e. The molecule has 3 aromatic rings. The predicted molar refractivity (Wildman–Crippen MR) is 91.5 cm³/mol. The Kier molecular flexibility index (Phi) is 4.88. The van der Waals surface area contributed by atoms with Gasteiger partial charge in [-0.25, -0.2) is 8.78 Å². The van der Waals surface area contributed by atoms with Crippen molar-refractivity contribution in [1.82, 2.24) is 10.2 Å². The maximum Gasteiger partial charge on any atom is 0.258 e. The Morgan fingerprint density at radius 2 is 1.88 bits per heavy atom. The third-order valence-corrected chi connectivity index (χ3v) is 3.93. The van der Waals surface area contributed by atoms with Crippen LogP contribution in [0.15, 0.2) is 48.5 Å². The first-order valence-corrected chi connectivity index (χ1v) is 7.89. The molecule has 0 bridgehead atoms. The quantitative estimate of drug-likeness (QED) is 0.736. The van der Waals surface area contributed by atoms with Crippen molar-refractivity contribution in [2.75, 3.05) is 5.32 Å².